The number of rotatable bonds is 9. The summed E-state index contributed by atoms with van der Waals surface area (Å²) in [5.41, 5.74) is 0. The van der Waals surface area contributed by atoms with Crippen LogP contribution in [0.5, 0.6) is 0 Å². The smallest absolute Gasteiger partial charge is 0.213 e. The lowest BCUT2D eigenvalue weighted by Crippen LogP contribution is -2.34. The van der Waals surface area contributed by atoms with Crippen molar-refractivity contribution < 1.29 is 13.2 Å². The average Bonchev–Trinajstić information content (AvgIpc) is 2.24. The van der Waals surface area contributed by atoms with Gasteiger partial charge in [0, 0.05) is 26.7 Å². The normalized spacial score (nSPS) is 14.3. The summed E-state index contributed by atoms with van der Waals surface area (Å²) in [5.74, 6) is 0.164. The third-order valence-corrected chi connectivity index (χ3v) is 4.26. The van der Waals surface area contributed by atoms with Crippen LogP contribution in [0.1, 0.15) is 20.3 Å². The summed E-state index contributed by atoms with van der Waals surface area (Å²) in [6.45, 7) is 5.72. The standard InChI is InChI=1S/C10H24N2O3S/c1-5-16(13,14)12(3)8-6-7-11-10(2)9-15-4/h10-11H,5-9H2,1-4H3. The molecule has 0 saturated heterocycles. The summed E-state index contributed by atoms with van der Waals surface area (Å²) in [5, 5.41) is 3.26. The highest BCUT2D eigenvalue weighted by Crippen LogP contribution is 1.98. The van der Waals surface area contributed by atoms with E-state index in [4.69, 9.17) is 4.74 Å². The summed E-state index contributed by atoms with van der Waals surface area (Å²) in [6.07, 6.45) is 0.809. The van der Waals surface area contributed by atoms with Crippen molar-refractivity contribution in [1.82, 2.24) is 9.62 Å². The van der Waals surface area contributed by atoms with E-state index in [1.165, 1.54) is 4.31 Å². The van der Waals surface area contributed by atoms with Gasteiger partial charge in [-0.25, -0.2) is 12.7 Å². The Morgan fingerprint density at radius 3 is 2.56 bits per heavy atom. The van der Waals surface area contributed by atoms with E-state index < -0.39 is 10.0 Å². The summed E-state index contributed by atoms with van der Waals surface area (Å²) >= 11 is 0. The van der Waals surface area contributed by atoms with Crippen molar-refractivity contribution in [2.75, 3.05) is 39.6 Å². The SMILES string of the molecule is CCS(=O)(=O)N(C)CCCNC(C)COC. The van der Waals surface area contributed by atoms with Crippen molar-refractivity contribution in [3.05, 3.63) is 0 Å². The van der Waals surface area contributed by atoms with Gasteiger partial charge in [-0.05, 0) is 26.8 Å². The molecule has 1 atom stereocenters. The van der Waals surface area contributed by atoms with Gasteiger partial charge < -0.3 is 10.1 Å². The van der Waals surface area contributed by atoms with E-state index in [1.807, 2.05) is 6.92 Å². The van der Waals surface area contributed by atoms with Gasteiger partial charge >= 0.3 is 0 Å². The van der Waals surface area contributed by atoms with Crippen molar-refractivity contribution in [2.45, 2.75) is 26.3 Å². The number of nitrogens with one attached hydrogen (secondary N) is 1. The number of hydrogen-bond donors (Lipinski definition) is 1. The fourth-order valence-electron chi connectivity index (χ4n) is 1.32. The van der Waals surface area contributed by atoms with Crippen LogP contribution in [-0.4, -0.2) is 58.4 Å². The van der Waals surface area contributed by atoms with Crippen LogP contribution in [0.2, 0.25) is 0 Å². The predicted octanol–water partition coefficient (Wildman–Crippen LogP) is 0.283. The zero-order valence-corrected chi connectivity index (χ0v) is 11.5. The fraction of sp³-hybridized carbons (Fsp3) is 1.00. The molecule has 0 saturated carbocycles. The fourth-order valence-corrected chi connectivity index (χ4v) is 2.17. The van der Waals surface area contributed by atoms with Gasteiger partial charge in [0.1, 0.15) is 0 Å². The van der Waals surface area contributed by atoms with Gasteiger partial charge in [0.05, 0.1) is 12.4 Å². The third kappa shape index (κ3) is 6.42. The molecule has 0 radical (unpaired) electrons. The molecule has 0 aliphatic heterocycles. The first-order chi connectivity index (χ1) is 7.44. The lowest BCUT2D eigenvalue weighted by molar-refractivity contribution is 0.172. The Balaban J connectivity index is 3.67. The number of ether oxygens (including phenoxy) is 1. The van der Waals surface area contributed by atoms with Gasteiger partial charge in [-0.3, -0.25) is 0 Å². The van der Waals surface area contributed by atoms with Crippen molar-refractivity contribution >= 4 is 10.0 Å². The van der Waals surface area contributed by atoms with E-state index in [1.54, 1.807) is 21.1 Å². The monoisotopic (exact) mass is 252 g/mol. The molecule has 1 N–H and O–H groups in total. The molecule has 0 aromatic carbocycles. The molecule has 0 fully saturated rings. The van der Waals surface area contributed by atoms with E-state index in [2.05, 4.69) is 5.32 Å². The molecule has 16 heavy (non-hydrogen) atoms. The minimum Gasteiger partial charge on any atom is -0.383 e. The van der Waals surface area contributed by atoms with Gasteiger partial charge in [-0.2, -0.15) is 0 Å². The Kier molecular flexibility index (Phi) is 7.91. The highest BCUT2D eigenvalue weighted by Gasteiger charge is 2.13. The van der Waals surface area contributed by atoms with Gasteiger partial charge in [-0.15, -0.1) is 0 Å². The van der Waals surface area contributed by atoms with Crippen molar-refractivity contribution in [1.29, 1.82) is 0 Å². The number of methoxy groups -OCH3 is 1. The Hall–Kier alpha value is -0.170. The predicted molar refractivity (Wildman–Crippen MR) is 66.0 cm³/mol. The number of nitrogens with zero attached hydrogens (tertiary/aromatic N) is 1. The Bertz CT molecular complexity index is 267. The van der Waals surface area contributed by atoms with E-state index >= 15 is 0 Å². The average molecular weight is 252 g/mol. The Morgan fingerprint density at radius 2 is 2.06 bits per heavy atom. The summed E-state index contributed by atoms with van der Waals surface area (Å²) in [4.78, 5) is 0. The minimum absolute atomic E-state index is 0.164. The molecule has 98 valence electrons. The quantitative estimate of drug-likeness (QED) is 0.599. The van der Waals surface area contributed by atoms with Crippen LogP contribution >= 0.6 is 0 Å². The highest BCUT2D eigenvalue weighted by atomic mass is 32.2. The maximum Gasteiger partial charge on any atom is 0.213 e. The molecule has 6 heteroatoms. The highest BCUT2D eigenvalue weighted by molar-refractivity contribution is 7.89. The van der Waals surface area contributed by atoms with Crippen LogP contribution in [-0.2, 0) is 14.8 Å². The second kappa shape index (κ2) is 8.00. The maximum absolute atomic E-state index is 11.4. The molecule has 0 rings (SSSR count). The molecular formula is C10H24N2O3S. The molecule has 0 amide bonds. The summed E-state index contributed by atoms with van der Waals surface area (Å²) < 4.78 is 29.2. The molecule has 0 aromatic heterocycles. The minimum atomic E-state index is -3.03. The molecule has 0 spiro atoms. The van der Waals surface area contributed by atoms with Gasteiger partial charge in [0.2, 0.25) is 10.0 Å². The van der Waals surface area contributed by atoms with Crippen LogP contribution in [0.15, 0.2) is 0 Å². The number of hydrogen-bond acceptors (Lipinski definition) is 4. The van der Waals surface area contributed by atoms with Gasteiger partial charge in [0.15, 0.2) is 0 Å². The van der Waals surface area contributed by atoms with Crippen LogP contribution in [0.3, 0.4) is 0 Å². The van der Waals surface area contributed by atoms with Crippen molar-refractivity contribution in [3.63, 3.8) is 0 Å². The first-order valence-electron chi connectivity index (χ1n) is 5.60. The van der Waals surface area contributed by atoms with Crippen LogP contribution in [0, 0.1) is 0 Å². The second-order valence-corrected chi connectivity index (χ2v) is 6.25. The lowest BCUT2D eigenvalue weighted by Gasteiger charge is -2.17. The molecule has 5 nitrogen and oxygen atoms in total. The zero-order chi connectivity index (χ0) is 12.6. The second-order valence-electron chi connectivity index (χ2n) is 3.89. The van der Waals surface area contributed by atoms with E-state index in [9.17, 15) is 8.42 Å². The summed E-state index contributed by atoms with van der Waals surface area (Å²) in [6, 6.07) is 0.304. The van der Waals surface area contributed by atoms with Crippen molar-refractivity contribution in [3.8, 4) is 0 Å². The van der Waals surface area contributed by atoms with Crippen LogP contribution in [0.4, 0.5) is 0 Å². The first kappa shape index (κ1) is 15.8. The van der Waals surface area contributed by atoms with Gasteiger partial charge in [-0.1, -0.05) is 0 Å². The lowest BCUT2D eigenvalue weighted by atomic mass is 10.3. The molecule has 0 heterocycles. The van der Waals surface area contributed by atoms with E-state index in [0.717, 1.165) is 13.0 Å². The maximum atomic E-state index is 11.4. The number of sulfonamides is 1. The van der Waals surface area contributed by atoms with Crippen LogP contribution < -0.4 is 5.32 Å². The first-order valence-corrected chi connectivity index (χ1v) is 7.21. The molecule has 1 unspecified atom stereocenters. The van der Waals surface area contributed by atoms with Crippen LogP contribution in [0.25, 0.3) is 0 Å². The summed E-state index contributed by atoms with van der Waals surface area (Å²) in [7, 11) is 0.261. The van der Waals surface area contributed by atoms with Crippen molar-refractivity contribution in [2.24, 2.45) is 0 Å². The Morgan fingerprint density at radius 1 is 1.44 bits per heavy atom. The topological polar surface area (TPSA) is 58.6 Å². The largest absolute Gasteiger partial charge is 0.383 e. The van der Waals surface area contributed by atoms with E-state index in [0.29, 0.717) is 19.2 Å². The molecule has 0 aliphatic rings. The Labute approximate surface area is 99.2 Å². The molecule has 0 bridgehead atoms. The van der Waals surface area contributed by atoms with E-state index in [-0.39, 0.29) is 5.75 Å². The van der Waals surface area contributed by atoms with Gasteiger partial charge in [0.25, 0.3) is 0 Å². The molecule has 0 aliphatic carbocycles. The molecular weight excluding hydrogens is 228 g/mol. The third-order valence-electron chi connectivity index (χ3n) is 2.40. The zero-order valence-electron chi connectivity index (χ0n) is 10.7. The molecule has 0 aromatic rings.